The lowest BCUT2D eigenvalue weighted by Gasteiger charge is -2.20. The van der Waals surface area contributed by atoms with Gasteiger partial charge in [0.1, 0.15) is 0 Å². The molecule has 146 valence electrons. The smallest absolute Gasteiger partial charge is 0.261 e. The molecule has 0 radical (unpaired) electrons. The summed E-state index contributed by atoms with van der Waals surface area (Å²) < 4.78 is 1.09. The molecule has 4 nitrogen and oxygen atoms in total. The monoisotopic (exact) mass is 419 g/mol. The maximum absolute atomic E-state index is 13.6. The largest absolute Gasteiger partial charge is 0.278 e. The van der Waals surface area contributed by atoms with Crippen LogP contribution in [0.3, 0.4) is 0 Å². The Morgan fingerprint density at radius 3 is 2.66 bits per heavy atom. The van der Waals surface area contributed by atoms with Crippen molar-refractivity contribution in [1.29, 1.82) is 0 Å². The number of hydrogen-bond acceptors (Lipinski definition) is 5. The van der Waals surface area contributed by atoms with Crippen LogP contribution in [-0.2, 0) is 13.0 Å². The highest BCUT2D eigenvalue weighted by molar-refractivity contribution is 7.98. The molecule has 2 heterocycles. The SMILES string of the molecule is CCc1cccc2sc(N(Cc3ccccn3)C(=O)c3ccccc3SC)nc12. The molecule has 0 aliphatic carbocycles. The molecule has 2 aromatic carbocycles. The van der Waals surface area contributed by atoms with Gasteiger partial charge >= 0.3 is 0 Å². The molecular formula is C23H21N3OS2. The van der Waals surface area contributed by atoms with Gasteiger partial charge in [0.15, 0.2) is 5.13 Å². The summed E-state index contributed by atoms with van der Waals surface area (Å²) in [5.41, 5.74) is 3.69. The van der Waals surface area contributed by atoms with Gasteiger partial charge in [0, 0.05) is 11.1 Å². The molecule has 6 heteroatoms. The average Bonchev–Trinajstić information content (AvgIpc) is 3.21. The Hall–Kier alpha value is -2.70. The van der Waals surface area contributed by atoms with Gasteiger partial charge in [-0.05, 0) is 48.6 Å². The van der Waals surface area contributed by atoms with Gasteiger partial charge < -0.3 is 0 Å². The van der Waals surface area contributed by atoms with E-state index in [1.54, 1.807) is 34.2 Å². The third kappa shape index (κ3) is 4.04. The van der Waals surface area contributed by atoms with Crippen molar-refractivity contribution in [2.75, 3.05) is 11.2 Å². The highest BCUT2D eigenvalue weighted by Crippen LogP contribution is 2.33. The van der Waals surface area contributed by atoms with E-state index in [9.17, 15) is 4.79 Å². The minimum Gasteiger partial charge on any atom is -0.278 e. The summed E-state index contributed by atoms with van der Waals surface area (Å²) in [6.07, 6.45) is 4.64. The molecule has 0 fully saturated rings. The zero-order chi connectivity index (χ0) is 20.2. The number of aryl methyl sites for hydroxylation is 1. The van der Waals surface area contributed by atoms with Crippen LogP contribution in [0.2, 0.25) is 0 Å². The molecule has 0 saturated heterocycles. The standard InChI is InChI=1S/C23H21N3OS2/c1-3-16-9-8-13-20-21(16)25-23(29-20)26(15-17-10-6-7-14-24-17)22(27)18-11-4-5-12-19(18)28-2/h4-14H,3,15H2,1-2H3. The number of amides is 1. The van der Waals surface area contributed by atoms with E-state index in [1.807, 2.05) is 48.7 Å². The minimum atomic E-state index is -0.0577. The zero-order valence-corrected chi connectivity index (χ0v) is 18.0. The Kier molecular flexibility index (Phi) is 5.92. The van der Waals surface area contributed by atoms with Crippen LogP contribution in [0.5, 0.6) is 0 Å². The van der Waals surface area contributed by atoms with Crippen molar-refractivity contribution >= 4 is 44.4 Å². The normalized spacial score (nSPS) is 11.0. The van der Waals surface area contributed by atoms with E-state index in [-0.39, 0.29) is 5.91 Å². The van der Waals surface area contributed by atoms with Crippen LogP contribution in [0.4, 0.5) is 5.13 Å². The maximum Gasteiger partial charge on any atom is 0.261 e. The predicted octanol–water partition coefficient (Wildman–Crippen LogP) is 5.82. The van der Waals surface area contributed by atoms with Gasteiger partial charge in [-0.3, -0.25) is 14.7 Å². The van der Waals surface area contributed by atoms with Crippen LogP contribution in [-0.4, -0.2) is 22.1 Å². The molecule has 0 atom stereocenters. The van der Waals surface area contributed by atoms with Crippen molar-refractivity contribution in [2.24, 2.45) is 0 Å². The van der Waals surface area contributed by atoms with Crippen molar-refractivity contribution < 1.29 is 4.79 Å². The van der Waals surface area contributed by atoms with Gasteiger partial charge in [-0.25, -0.2) is 4.98 Å². The first-order valence-electron chi connectivity index (χ1n) is 9.44. The number of carbonyl (C=O) groups is 1. The molecule has 4 rings (SSSR count). The first-order valence-corrected chi connectivity index (χ1v) is 11.5. The Morgan fingerprint density at radius 2 is 1.90 bits per heavy atom. The topological polar surface area (TPSA) is 46.1 Å². The van der Waals surface area contributed by atoms with Crippen molar-refractivity contribution in [3.8, 4) is 0 Å². The van der Waals surface area contributed by atoms with E-state index in [0.29, 0.717) is 17.2 Å². The number of nitrogens with zero attached hydrogens (tertiary/aromatic N) is 3. The Balaban J connectivity index is 1.81. The Labute approximate surface area is 178 Å². The number of rotatable bonds is 6. The molecular weight excluding hydrogens is 398 g/mol. The first kappa shape index (κ1) is 19.6. The second-order valence-corrected chi connectivity index (χ2v) is 8.38. The van der Waals surface area contributed by atoms with Crippen LogP contribution in [0.1, 0.15) is 28.5 Å². The fraction of sp³-hybridized carbons (Fsp3) is 0.174. The van der Waals surface area contributed by atoms with Crippen molar-refractivity contribution in [3.05, 3.63) is 83.7 Å². The van der Waals surface area contributed by atoms with E-state index in [2.05, 4.69) is 30.1 Å². The third-order valence-electron chi connectivity index (χ3n) is 4.73. The summed E-state index contributed by atoms with van der Waals surface area (Å²) in [7, 11) is 0. The number of benzene rings is 2. The first-order chi connectivity index (χ1) is 14.2. The minimum absolute atomic E-state index is 0.0577. The summed E-state index contributed by atoms with van der Waals surface area (Å²) in [4.78, 5) is 25.6. The molecule has 1 amide bonds. The maximum atomic E-state index is 13.6. The van der Waals surface area contributed by atoms with Crippen LogP contribution in [0.15, 0.2) is 71.8 Å². The van der Waals surface area contributed by atoms with E-state index >= 15 is 0 Å². The molecule has 2 aromatic heterocycles. The van der Waals surface area contributed by atoms with Gasteiger partial charge in [0.25, 0.3) is 5.91 Å². The van der Waals surface area contributed by atoms with Crippen LogP contribution >= 0.6 is 23.1 Å². The lowest BCUT2D eigenvalue weighted by molar-refractivity contribution is 0.0982. The van der Waals surface area contributed by atoms with E-state index in [0.717, 1.165) is 27.2 Å². The molecule has 0 bridgehead atoms. The summed E-state index contributed by atoms with van der Waals surface area (Å²) in [6.45, 7) is 2.50. The summed E-state index contributed by atoms with van der Waals surface area (Å²) in [5, 5.41) is 0.701. The summed E-state index contributed by atoms with van der Waals surface area (Å²) in [5.74, 6) is -0.0577. The predicted molar refractivity (Wildman–Crippen MR) is 122 cm³/mol. The lowest BCUT2D eigenvalue weighted by atomic mass is 10.1. The van der Waals surface area contributed by atoms with Gasteiger partial charge in [0.2, 0.25) is 0 Å². The number of thioether (sulfide) groups is 1. The number of para-hydroxylation sites is 1. The molecule has 0 aliphatic heterocycles. The summed E-state index contributed by atoms with van der Waals surface area (Å²) in [6, 6.07) is 19.7. The third-order valence-corrected chi connectivity index (χ3v) is 6.57. The van der Waals surface area contributed by atoms with Crippen molar-refractivity contribution in [2.45, 2.75) is 24.8 Å². The molecule has 0 unspecified atom stereocenters. The van der Waals surface area contributed by atoms with Crippen molar-refractivity contribution in [1.82, 2.24) is 9.97 Å². The lowest BCUT2D eigenvalue weighted by Crippen LogP contribution is -2.31. The van der Waals surface area contributed by atoms with Gasteiger partial charge in [-0.1, -0.05) is 48.6 Å². The molecule has 0 spiro atoms. The summed E-state index contributed by atoms with van der Waals surface area (Å²) >= 11 is 3.12. The van der Waals surface area contributed by atoms with Crippen LogP contribution < -0.4 is 4.90 Å². The van der Waals surface area contributed by atoms with Gasteiger partial charge in [-0.15, -0.1) is 11.8 Å². The van der Waals surface area contributed by atoms with Crippen LogP contribution in [0.25, 0.3) is 10.2 Å². The number of anilines is 1. The van der Waals surface area contributed by atoms with Gasteiger partial charge in [-0.2, -0.15) is 0 Å². The van der Waals surface area contributed by atoms with E-state index in [1.165, 1.54) is 5.56 Å². The number of fused-ring (bicyclic) bond motifs is 1. The van der Waals surface area contributed by atoms with Crippen molar-refractivity contribution in [3.63, 3.8) is 0 Å². The molecule has 4 aromatic rings. The number of hydrogen-bond donors (Lipinski definition) is 0. The highest BCUT2D eigenvalue weighted by atomic mass is 32.2. The second-order valence-electron chi connectivity index (χ2n) is 6.53. The average molecular weight is 420 g/mol. The molecule has 29 heavy (non-hydrogen) atoms. The number of carbonyl (C=O) groups excluding carboxylic acids is 1. The Morgan fingerprint density at radius 1 is 1.07 bits per heavy atom. The molecule has 0 aliphatic rings. The fourth-order valence-electron chi connectivity index (χ4n) is 3.24. The van der Waals surface area contributed by atoms with Gasteiger partial charge in [0.05, 0.1) is 28.0 Å². The molecule has 0 saturated carbocycles. The van der Waals surface area contributed by atoms with Crippen LogP contribution in [0, 0.1) is 0 Å². The Bertz CT molecular complexity index is 1140. The number of pyridine rings is 1. The molecule has 0 N–H and O–H groups in total. The zero-order valence-electron chi connectivity index (χ0n) is 16.3. The highest BCUT2D eigenvalue weighted by Gasteiger charge is 2.24. The number of thiazole rings is 1. The quantitative estimate of drug-likeness (QED) is 0.369. The fourth-order valence-corrected chi connectivity index (χ4v) is 4.84. The number of aromatic nitrogens is 2. The second kappa shape index (κ2) is 8.76. The van der Waals surface area contributed by atoms with E-state index < -0.39 is 0 Å². The van der Waals surface area contributed by atoms with E-state index in [4.69, 9.17) is 4.98 Å².